The summed E-state index contributed by atoms with van der Waals surface area (Å²) in [5.41, 5.74) is 1.12. The van der Waals surface area contributed by atoms with Gasteiger partial charge in [0.05, 0.1) is 17.7 Å². The number of amides is 1. The van der Waals surface area contributed by atoms with Gasteiger partial charge in [-0.25, -0.2) is 9.38 Å². The number of nitrogens with zero attached hydrogens (tertiary/aromatic N) is 1. The SMILES string of the molecule is COc1cc(C=C2SC(=Nc3cccc(F)c3)NC2=O)ccc1O. The highest BCUT2D eigenvalue weighted by molar-refractivity contribution is 8.18. The molecule has 0 aliphatic carbocycles. The van der Waals surface area contributed by atoms with Crippen molar-refractivity contribution in [1.82, 2.24) is 5.32 Å². The summed E-state index contributed by atoms with van der Waals surface area (Å²) in [4.78, 5) is 16.7. The van der Waals surface area contributed by atoms with Gasteiger partial charge in [0.2, 0.25) is 0 Å². The van der Waals surface area contributed by atoms with E-state index in [4.69, 9.17) is 4.74 Å². The van der Waals surface area contributed by atoms with Crippen molar-refractivity contribution in [3.63, 3.8) is 0 Å². The number of ether oxygens (including phenoxy) is 1. The molecule has 0 bridgehead atoms. The Bertz CT molecular complexity index is 865. The van der Waals surface area contributed by atoms with E-state index in [0.29, 0.717) is 27.1 Å². The van der Waals surface area contributed by atoms with Gasteiger partial charge in [0.1, 0.15) is 5.82 Å². The number of methoxy groups -OCH3 is 1. The Morgan fingerprint density at radius 3 is 2.88 bits per heavy atom. The normalized spacial score (nSPS) is 17.3. The molecule has 1 fully saturated rings. The molecular weight excluding hydrogens is 331 g/mol. The molecule has 5 nitrogen and oxygen atoms in total. The number of amidine groups is 1. The van der Waals surface area contributed by atoms with Crippen molar-refractivity contribution in [3.05, 3.63) is 58.8 Å². The van der Waals surface area contributed by atoms with Crippen LogP contribution in [0.25, 0.3) is 6.08 Å². The zero-order valence-electron chi connectivity index (χ0n) is 12.6. The molecule has 122 valence electrons. The molecule has 1 heterocycles. The molecule has 0 unspecified atom stereocenters. The number of hydrogen-bond donors (Lipinski definition) is 2. The fourth-order valence-electron chi connectivity index (χ4n) is 2.08. The number of carbonyl (C=O) groups excluding carboxylic acids is 1. The van der Waals surface area contributed by atoms with Gasteiger partial charge in [0.25, 0.3) is 5.91 Å². The number of rotatable bonds is 3. The maximum absolute atomic E-state index is 13.2. The number of thioether (sulfide) groups is 1. The van der Waals surface area contributed by atoms with Gasteiger partial charge < -0.3 is 15.2 Å². The highest BCUT2D eigenvalue weighted by Gasteiger charge is 2.24. The lowest BCUT2D eigenvalue weighted by Gasteiger charge is -2.03. The van der Waals surface area contributed by atoms with Crippen LogP contribution in [0.3, 0.4) is 0 Å². The van der Waals surface area contributed by atoms with Crippen LogP contribution in [0.15, 0.2) is 52.4 Å². The summed E-state index contributed by atoms with van der Waals surface area (Å²) in [6, 6.07) is 10.6. The molecule has 1 aliphatic rings. The summed E-state index contributed by atoms with van der Waals surface area (Å²) in [6.07, 6.45) is 1.66. The predicted molar refractivity (Wildman–Crippen MR) is 91.9 cm³/mol. The molecule has 2 aromatic carbocycles. The third kappa shape index (κ3) is 3.57. The summed E-state index contributed by atoms with van der Waals surface area (Å²) < 4.78 is 18.2. The van der Waals surface area contributed by atoms with Gasteiger partial charge in [-0.15, -0.1) is 0 Å². The van der Waals surface area contributed by atoms with Gasteiger partial charge in [-0.2, -0.15) is 0 Å². The Kier molecular flexibility index (Phi) is 4.52. The molecule has 24 heavy (non-hydrogen) atoms. The van der Waals surface area contributed by atoms with Gasteiger partial charge in [0, 0.05) is 0 Å². The second kappa shape index (κ2) is 6.76. The molecule has 0 radical (unpaired) electrons. The summed E-state index contributed by atoms with van der Waals surface area (Å²) in [5.74, 6) is -0.335. The van der Waals surface area contributed by atoms with Gasteiger partial charge >= 0.3 is 0 Å². The number of halogens is 1. The predicted octanol–water partition coefficient (Wildman–Crippen LogP) is 3.43. The van der Waals surface area contributed by atoms with Crippen LogP contribution in [0.1, 0.15) is 5.56 Å². The lowest BCUT2D eigenvalue weighted by molar-refractivity contribution is -0.115. The average Bonchev–Trinajstić information content (AvgIpc) is 2.88. The number of aromatic hydroxyl groups is 1. The highest BCUT2D eigenvalue weighted by atomic mass is 32.2. The lowest BCUT2D eigenvalue weighted by Crippen LogP contribution is -2.19. The summed E-state index contributed by atoms with van der Waals surface area (Å²) in [7, 11) is 1.45. The van der Waals surface area contributed by atoms with Crippen molar-refractivity contribution < 1.29 is 19.0 Å². The molecule has 0 saturated carbocycles. The van der Waals surface area contributed by atoms with Crippen LogP contribution >= 0.6 is 11.8 Å². The van der Waals surface area contributed by atoms with E-state index >= 15 is 0 Å². The van der Waals surface area contributed by atoms with Crippen molar-refractivity contribution in [3.8, 4) is 11.5 Å². The fraction of sp³-hybridized carbons (Fsp3) is 0.0588. The Morgan fingerprint density at radius 1 is 1.29 bits per heavy atom. The van der Waals surface area contributed by atoms with E-state index in [0.717, 1.165) is 11.8 Å². The number of phenols is 1. The smallest absolute Gasteiger partial charge is 0.264 e. The van der Waals surface area contributed by atoms with Gasteiger partial charge in [0.15, 0.2) is 16.7 Å². The maximum Gasteiger partial charge on any atom is 0.264 e. The molecule has 0 atom stereocenters. The van der Waals surface area contributed by atoms with E-state index in [1.54, 1.807) is 30.3 Å². The highest BCUT2D eigenvalue weighted by Crippen LogP contribution is 2.31. The molecule has 2 N–H and O–H groups in total. The van der Waals surface area contributed by atoms with E-state index in [9.17, 15) is 14.3 Å². The number of hydrogen-bond acceptors (Lipinski definition) is 5. The molecule has 1 aliphatic heterocycles. The minimum atomic E-state index is -0.391. The number of phenolic OH excluding ortho intramolecular Hbond substituents is 1. The summed E-state index contributed by atoms with van der Waals surface area (Å²) >= 11 is 1.16. The monoisotopic (exact) mass is 344 g/mol. The zero-order valence-corrected chi connectivity index (χ0v) is 13.4. The lowest BCUT2D eigenvalue weighted by atomic mass is 10.2. The maximum atomic E-state index is 13.2. The Hall–Kier alpha value is -2.80. The molecule has 2 aromatic rings. The summed E-state index contributed by atoms with van der Waals surface area (Å²) in [6.45, 7) is 0. The van der Waals surface area contributed by atoms with E-state index in [2.05, 4.69) is 10.3 Å². The van der Waals surface area contributed by atoms with Crippen molar-refractivity contribution >= 4 is 34.6 Å². The number of nitrogens with one attached hydrogen (secondary N) is 1. The zero-order chi connectivity index (χ0) is 17.1. The molecular formula is C17H13FN2O3S. The third-order valence-electron chi connectivity index (χ3n) is 3.19. The topological polar surface area (TPSA) is 70.9 Å². The molecule has 7 heteroatoms. The molecule has 1 amide bonds. The standard InChI is InChI=1S/C17H13FN2O3S/c1-23-14-7-10(5-6-13(14)21)8-15-16(22)20-17(24-15)19-12-4-2-3-11(18)9-12/h2-9,21H,1H3,(H,19,20,22). The first-order valence-corrected chi connectivity index (χ1v) is 7.79. The number of aliphatic imine (C=N–C) groups is 1. The number of benzene rings is 2. The Morgan fingerprint density at radius 2 is 2.12 bits per heavy atom. The van der Waals surface area contributed by atoms with Crippen LogP contribution < -0.4 is 10.1 Å². The molecule has 0 aromatic heterocycles. The van der Waals surface area contributed by atoms with Gasteiger partial charge in [-0.3, -0.25) is 4.79 Å². The third-order valence-corrected chi connectivity index (χ3v) is 4.10. The van der Waals surface area contributed by atoms with Gasteiger partial charge in [-0.05, 0) is 53.7 Å². The first kappa shape index (κ1) is 16.1. The number of carbonyl (C=O) groups is 1. The van der Waals surface area contributed by atoms with Crippen molar-refractivity contribution in [2.24, 2.45) is 4.99 Å². The molecule has 3 rings (SSSR count). The van der Waals surface area contributed by atoms with E-state index in [-0.39, 0.29) is 11.7 Å². The van der Waals surface area contributed by atoms with Gasteiger partial charge in [-0.1, -0.05) is 12.1 Å². The largest absolute Gasteiger partial charge is 0.504 e. The molecule has 0 spiro atoms. The second-order valence-electron chi connectivity index (χ2n) is 4.89. The van der Waals surface area contributed by atoms with Crippen LogP contribution in [0.4, 0.5) is 10.1 Å². The quantitative estimate of drug-likeness (QED) is 0.837. The van der Waals surface area contributed by atoms with Crippen LogP contribution in [-0.4, -0.2) is 23.3 Å². The van der Waals surface area contributed by atoms with Crippen LogP contribution in [0.2, 0.25) is 0 Å². The van der Waals surface area contributed by atoms with Crippen LogP contribution in [0, 0.1) is 5.82 Å². The average molecular weight is 344 g/mol. The first-order valence-electron chi connectivity index (χ1n) is 6.97. The Labute approximate surface area is 141 Å². The van der Waals surface area contributed by atoms with Crippen molar-refractivity contribution in [1.29, 1.82) is 0 Å². The van der Waals surface area contributed by atoms with E-state index in [1.807, 2.05) is 0 Å². The Balaban J connectivity index is 1.84. The van der Waals surface area contributed by atoms with Crippen molar-refractivity contribution in [2.45, 2.75) is 0 Å². The van der Waals surface area contributed by atoms with Crippen LogP contribution in [0.5, 0.6) is 11.5 Å². The van der Waals surface area contributed by atoms with Crippen molar-refractivity contribution in [2.75, 3.05) is 7.11 Å². The van der Waals surface area contributed by atoms with E-state index < -0.39 is 5.82 Å². The first-order chi connectivity index (χ1) is 11.5. The summed E-state index contributed by atoms with van der Waals surface area (Å²) in [5, 5.41) is 12.6. The fourth-order valence-corrected chi connectivity index (χ4v) is 2.92. The van der Waals surface area contributed by atoms with E-state index in [1.165, 1.54) is 25.3 Å². The molecule has 1 saturated heterocycles. The minimum absolute atomic E-state index is 0.0246. The minimum Gasteiger partial charge on any atom is -0.504 e. The second-order valence-corrected chi connectivity index (χ2v) is 5.92. The van der Waals surface area contributed by atoms with Crippen LogP contribution in [-0.2, 0) is 4.79 Å².